The van der Waals surface area contributed by atoms with E-state index in [1.54, 1.807) is 7.11 Å². The first-order valence-electron chi connectivity index (χ1n) is 10.4. The second-order valence-electron chi connectivity index (χ2n) is 8.80. The maximum atomic E-state index is 13.1. The van der Waals surface area contributed by atoms with Crippen molar-refractivity contribution >= 4 is 5.91 Å². The number of methoxy groups -OCH3 is 1. The molecule has 1 amide bonds. The lowest BCUT2D eigenvalue weighted by Gasteiger charge is -2.35. The highest BCUT2D eigenvalue weighted by molar-refractivity contribution is 5.96. The largest absolute Gasteiger partial charge is 0.497 e. The number of nitrogens with zero attached hydrogens (tertiary/aromatic N) is 3. The van der Waals surface area contributed by atoms with Gasteiger partial charge in [0.05, 0.1) is 7.11 Å². The van der Waals surface area contributed by atoms with Crippen LogP contribution in [0, 0.1) is 6.92 Å². The lowest BCUT2D eigenvalue weighted by molar-refractivity contribution is 0.0632. The highest BCUT2D eigenvalue weighted by Crippen LogP contribution is 2.28. The van der Waals surface area contributed by atoms with Crippen LogP contribution >= 0.6 is 0 Å². The van der Waals surface area contributed by atoms with E-state index in [4.69, 9.17) is 9.26 Å². The van der Waals surface area contributed by atoms with Gasteiger partial charge in [-0.05, 0) is 44.0 Å². The van der Waals surface area contributed by atoms with Crippen LogP contribution in [0.3, 0.4) is 0 Å². The van der Waals surface area contributed by atoms with Gasteiger partial charge in [-0.15, -0.1) is 0 Å². The van der Waals surface area contributed by atoms with Crippen molar-refractivity contribution in [3.05, 3.63) is 46.8 Å². The zero-order chi connectivity index (χ0) is 21.0. The lowest BCUT2D eigenvalue weighted by atomic mass is 9.88. The van der Waals surface area contributed by atoms with Gasteiger partial charge in [0, 0.05) is 31.6 Å². The van der Waals surface area contributed by atoms with Crippen molar-refractivity contribution in [1.29, 1.82) is 0 Å². The van der Waals surface area contributed by atoms with E-state index in [2.05, 4.69) is 43.0 Å². The minimum atomic E-state index is -0.216. The van der Waals surface area contributed by atoms with Crippen LogP contribution < -0.4 is 4.74 Å². The highest BCUT2D eigenvalue weighted by atomic mass is 16.5. The maximum absolute atomic E-state index is 13.1. The smallest absolute Gasteiger partial charge is 0.259 e. The van der Waals surface area contributed by atoms with E-state index in [1.807, 2.05) is 24.0 Å². The molecule has 3 rings (SSSR count). The summed E-state index contributed by atoms with van der Waals surface area (Å²) in [4.78, 5) is 17.5. The molecule has 1 aromatic carbocycles. The van der Waals surface area contributed by atoms with Gasteiger partial charge in [-0.25, -0.2) is 0 Å². The van der Waals surface area contributed by atoms with Crippen molar-refractivity contribution in [3.8, 4) is 5.75 Å². The van der Waals surface area contributed by atoms with Crippen molar-refractivity contribution in [2.24, 2.45) is 0 Å². The zero-order valence-corrected chi connectivity index (χ0v) is 18.3. The summed E-state index contributed by atoms with van der Waals surface area (Å²) in [5.41, 5.74) is 2.51. The van der Waals surface area contributed by atoms with Crippen molar-refractivity contribution in [2.45, 2.75) is 46.0 Å². The normalized spacial score (nSPS) is 15.6. The van der Waals surface area contributed by atoms with Gasteiger partial charge in [0.1, 0.15) is 22.8 Å². The van der Waals surface area contributed by atoms with E-state index in [9.17, 15) is 4.79 Å². The summed E-state index contributed by atoms with van der Waals surface area (Å²) in [6.07, 6.45) is 2.16. The Kier molecular flexibility index (Phi) is 6.63. The summed E-state index contributed by atoms with van der Waals surface area (Å²) >= 11 is 0. The third-order valence-corrected chi connectivity index (χ3v) is 5.55. The third-order valence-electron chi connectivity index (χ3n) is 5.55. The fourth-order valence-corrected chi connectivity index (χ4v) is 3.77. The van der Waals surface area contributed by atoms with Crippen LogP contribution in [0.4, 0.5) is 0 Å². The first-order valence-corrected chi connectivity index (χ1v) is 10.4. The fourth-order valence-electron chi connectivity index (χ4n) is 3.77. The minimum Gasteiger partial charge on any atom is -0.497 e. The molecular weight excluding hydrogens is 366 g/mol. The van der Waals surface area contributed by atoms with Crippen molar-refractivity contribution in [3.63, 3.8) is 0 Å². The third kappa shape index (κ3) is 5.18. The first-order chi connectivity index (χ1) is 13.8. The molecule has 1 saturated heterocycles. The number of amides is 1. The van der Waals surface area contributed by atoms with E-state index >= 15 is 0 Å². The molecule has 1 aromatic heterocycles. The summed E-state index contributed by atoms with van der Waals surface area (Å²) < 4.78 is 10.6. The Morgan fingerprint density at radius 3 is 2.38 bits per heavy atom. The summed E-state index contributed by atoms with van der Waals surface area (Å²) in [6.45, 7) is 12.3. The van der Waals surface area contributed by atoms with E-state index in [1.165, 1.54) is 5.56 Å². The molecule has 1 aliphatic rings. The number of piperazine rings is 1. The molecule has 0 N–H and O–H groups in total. The predicted octanol–water partition coefficient (Wildman–Crippen LogP) is 3.68. The molecule has 0 atom stereocenters. The van der Waals surface area contributed by atoms with Crippen LogP contribution in [-0.4, -0.2) is 60.7 Å². The number of aryl methyl sites for hydroxylation is 2. The van der Waals surface area contributed by atoms with Gasteiger partial charge in [-0.2, -0.15) is 0 Å². The van der Waals surface area contributed by atoms with E-state index < -0.39 is 0 Å². The second-order valence-corrected chi connectivity index (χ2v) is 8.80. The number of aromatic nitrogens is 1. The topological polar surface area (TPSA) is 58.8 Å². The van der Waals surface area contributed by atoms with Crippen molar-refractivity contribution < 1.29 is 14.1 Å². The Hall–Kier alpha value is -2.34. The average molecular weight is 400 g/mol. The molecule has 6 heteroatoms. The van der Waals surface area contributed by atoms with Crippen molar-refractivity contribution in [1.82, 2.24) is 15.0 Å². The van der Waals surface area contributed by atoms with E-state index in [0.717, 1.165) is 57.0 Å². The van der Waals surface area contributed by atoms with Crippen LogP contribution in [0.2, 0.25) is 0 Å². The van der Waals surface area contributed by atoms with Crippen LogP contribution in [-0.2, 0) is 11.8 Å². The van der Waals surface area contributed by atoms with E-state index in [0.29, 0.717) is 11.3 Å². The van der Waals surface area contributed by atoms with Gasteiger partial charge in [-0.1, -0.05) is 38.1 Å². The number of rotatable bonds is 6. The molecule has 0 saturated carbocycles. The molecule has 0 radical (unpaired) electrons. The second kappa shape index (κ2) is 8.99. The molecule has 1 aliphatic heterocycles. The molecule has 0 spiro atoms. The number of carbonyl (C=O) groups is 1. The molecule has 6 nitrogen and oxygen atoms in total. The highest BCUT2D eigenvalue weighted by Gasteiger charge is 2.32. The lowest BCUT2D eigenvalue weighted by Crippen LogP contribution is -2.49. The molecule has 0 bridgehead atoms. The fraction of sp³-hybridized carbons (Fsp3) is 0.565. The van der Waals surface area contributed by atoms with Crippen LogP contribution in [0.1, 0.15) is 54.6 Å². The standard InChI is InChI=1S/C23H33N3O3/c1-17-20(21(24-29-17)23(2,3)4)22(27)26-15-13-25(14-16-26)12-6-7-18-8-10-19(28-5)11-9-18/h8-11H,6-7,12-16H2,1-5H3. The summed E-state index contributed by atoms with van der Waals surface area (Å²) in [6, 6.07) is 8.28. The Morgan fingerprint density at radius 1 is 1.14 bits per heavy atom. The summed E-state index contributed by atoms with van der Waals surface area (Å²) in [7, 11) is 1.69. The van der Waals surface area contributed by atoms with Crippen LogP contribution in [0.15, 0.2) is 28.8 Å². The monoisotopic (exact) mass is 399 g/mol. The quantitative estimate of drug-likeness (QED) is 0.742. The number of hydrogen-bond donors (Lipinski definition) is 0. The van der Waals surface area contributed by atoms with Gasteiger partial charge in [0.2, 0.25) is 0 Å². The number of carbonyl (C=O) groups excluding carboxylic acids is 1. The number of benzene rings is 1. The Bertz CT molecular complexity index is 813. The minimum absolute atomic E-state index is 0.0477. The summed E-state index contributed by atoms with van der Waals surface area (Å²) in [5, 5.41) is 4.16. The molecular formula is C23H33N3O3. The molecule has 2 heterocycles. The van der Waals surface area contributed by atoms with Crippen LogP contribution in [0.5, 0.6) is 5.75 Å². The molecule has 29 heavy (non-hydrogen) atoms. The Morgan fingerprint density at radius 2 is 1.79 bits per heavy atom. The van der Waals surface area contributed by atoms with Gasteiger partial charge < -0.3 is 14.2 Å². The summed E-state index contributed by atoms with van der Waals surface area (Å²) in [5.74, 6) is 1.56. The molecule has 2 aromatic rings. The molecule has 158 valence electrons. The van der Waals surface area contributed by atoms with Gasteiger partial charge in [0.25, 0.3) is 5.91 Å². The molecule has 0 aliphatic carbocycles. The number of hydrogen-bond acceptors (Lipinski definition) is 5. The van der Waals surface area contributed by atoms with Gasteiger partial charge in [-0.3, -0.25) is 9.69 Å². The van der Waals surface area contributed by atoms with Crippen molar-refractivity contribution in [2.75, 3.05) is 39.8 Å². The Labute approximate surface area is 173 Å². The van der Waals surface area contributed by atoms with Crippen LogP contribution in [0.25, 0.3) is 0 Å². The number of ether oxygens (including phenoxy) is 1. The molecule has 0 unspecified atom stereocenters. The first kappa shape index (κ1) is 21.4. The molecule has 1 fully saturated rings. The Balaban J connectivity index is 1.49. The van der Waals surface area contributed by atoms with Gasteiger partial charge >= 0.3 is 0 Å². The van der Waals surface area contributed by atoms with E-state index in [-0.39, 0.29) is 11.3 Å². The predicted molar refractivity (Wildman–Crippen MR) is 114 cm³/mol. The van der Waals surface area contributed by atoms with Gasteiger partial charge in [0.15, 0.2) is 0 Å². The SMILES string of the molecule is COc1ccc(CCCN2CCN(C(=O)c3c(C(C)(C)C)noc3C)CC2)cc1. The zero-order valence-electron chi connectivity index (χ0n) is 18.3. The maximum Gasteiger partial charge on any atom is 0.259 e. The average Bonchev–Trinajstić information content (AvgIpc) is 3.10.